The lowest BCUT2D eigenvalue weighted by Gasteiger charge is -2.29. The van der Waals surface area contributed by atoms with Gasteiger partial charge in [-0.2, -0.15) is 0 Å². The molecule has 9 heteroatoms. The van der Waals surface area contributed by atoms with Gasteiger partial charge < -0.3 is 10.1 Å². The van der Waals surface area contributed by atoms with Crippen molar-refractivity contribution >= 4 is 21.6 Å². The molecule has 28 heavy (non-hydrogen) atoms. The van der Waals surface area contributed by atoms with Gasteiger partial charge in [-0.25, -0.2) is 17.2 Å². The summed E-state index contributed by atoms with van der Waals surface area (Å²) in [6.45, 7) is 3.09. The molecule has 0 radical (unpaired) electrons. The fraction of sp³-hybridized carbons (Fsp3) is 0.316. The molecule has 2 rings (SSSR count). The average Bonchev–Trinajstić information content (AvgIpc) is 2.63. The molecule has 0 aliphatic carbocycles. The van der Waals surface area contributed by atoms with Gasteiger partial charge in [-0.05, 0) is 32.0 Å². The number of methoxy groups -OCH3 is 1. The van der Waals surface area contributed by atoms with Gasteiger partial charge in [0.15, 0.2) is 11.6 Å². The number of ether oxygens (including phenoxy) is 1. The molecule has 2 atom stereocenters. The first-order valence-electron chi connectivity index (χ1n) is 8.44. The van der Waals surface area contributed by atoms with Gasteiger partial charge in [0, 0.05) is 11.6 Å². The topological polar surface area (TPSA) is 75.7 Å². The van der Waals surface area contributed by atoms with E-state index in [9.17, 15) is 22.0 Å². The highest BCUT2D eigenvalue weighted by Gasteiger charge is 2.30. The quantitative estimate of drug-likeness (QED) is 0.759. The first-order chi connectivity index (χ1) is 13.1. The van der Waals surface area contributed by atoms with Gasteiger partial charge in [0.2, 0.25) is 15.9 Å². The predicted octanol–water partition coefficient (Wildman–Crippen LogP) is 3.01. The normalized spacial score (nSPS) is 13.5. The van der Waals surface area contributed by atoms with Crippen LogP contribution in [0, 0.1) is 11.6 Å². The molecule has 1 amide bonds. The Hall–Kier alpha value is -2.68. The molecule has 0 saturated carbocycles. The van der Waals surface area contributed by atoms with Crippen molar-refractivity contribution in [1.82, 2.24) is 5.32 Å². The minimum Gasteiger partial charge on any atom is -0.496 e. The van der Waals surface area contributed by atoms with Gasteiger partial charge >= 0.3 is 0 Å². The Balaban J connectivity index is 2.30. The molecule has 0 spiro atoms. The fourth-order valence-electron chi connectivity index (χ4n) is 2.87. The van der Waals surface area contributed by atoms with E-state index in [0.29, 0.717) is 11.3 Å². The number of rotatable bonds is 7. The van der Waals surface area contributed by atoms with Crippen LogP contribution >= 0.6 is 0 Å². The van der Waals surface area contributed by atoms with E-state index in [0.717, 1.165) is 28.8 Å². The smallest absolute Gasteiger partial charge is 0.244 e. The number of carbonyl (C=O) groups excluding carboxylic acids is 1. The zero-order valence-electron chi connectivity index (χ0n) is 15.9. The summed E-state index contributed by atoms with van der Waals surface area (Å²) in [4.78, 5) is 12.7. The molecule has 0 fully saturated rings. The van der Waals surface area contributed by atoms with E-state index in [1.54, 1.807) is 31.2 Å². The number of halogens is 2. The first-order valence-corrected chi connectivity index (χ1v) is 10.3. The summed E-state index contributed by atoms with van der Waals surface area (Å²) in [5.41, 5.74) is 0.568. The molecular weight excluding hydrogens is 390 g/mol. The summed E-state index contributed by atoms with van der Waals surface area (Å²) in [7, 11) is -2.44. The summed E-state index contributed by atoms with van der Waals surface area (Å²) in [6.07, 6.45) is 0.891. The van der Waals surface area contributed by atoms with E-state index < -0.39 is 39.6 Å². The third-order valence-electron chi connectivity index (χ3n) is 4.21. The number of sulfonamides is 1. The van der Waals surface area contributed by atoms with Crippen molar-refractivity contribution in [3.05, 3.63) is 59.7 Å². The van der Waals surface area contributed by atoms with Crippen molar-refractivity contribution in [2.45, 2.75) is 25.9 Å². The maximum absolute atomic E-state index is 13.6. The van der Waals surface area contributed by atoms with Gasteiger partial charge in [0.25, 0.3) is 0 Å². The van der Waals surface area contributed by atoms with E-state index in [-0.39, 0.29) is 5.69 Å². The maximum Gasteiger partial charge on any atom is 0.244 e. The second kappa shape index (κ2) is 8.55. The highest BCUT2D eigenvalue weighted by molar-refractivity contribution is 7.92. The zero-order valence-corrected chi connectivity index (χ0v) is 16.8. The molecule has 6 nitrogen and oxygen atoms in total. The second-order valence-corrected chi connectivity index (χ2v) is 8.16. The van der Waals surface area contributed by atoms with Crippen LogP contribution in [0.1, 0.15) is 25.5 Å². The van der Waals surface area contributed by atoms with Crippen molar-refractivity contribution < 1.29 is 26.7 Å². The van der Waals surface area contributed by atoms with E-state index in [2.05, 4.69) is 5.32 Å². The second-order valence-electron chi connectivity index (χ2n) is 6.31. The van der Waals surface area contributed by atoms with Gasteiger partial charge in [-0.15, -0.1) is 0 Å². The number of nitrogens with one attached hydrogen (secondary N) is 1. The lowest BCUT2D eigenvalue weighted by atomic mass is 10.1. The Bertz CT molecular complexity index is 966. The number of hydrogen-bond donors (Lipinski definition) is 1. The summed E-state index contributed by atoms with van der Waals surface area (Å²) < 4.78 is 57.3. The van der Waals surface area contributed by atoms with Crippen molar-refractivity contribution in [2.75, 3.05) is 17.7 Å². The Labute approximate surface area is 163 Å². The van der Waals surface area contributed by atoms with Gasteiger partial charge in [0.05, 0.1) is 25.1 Å². The van der Waals surface area contributed by atoms with Crippen LogP contribution < -0.4 is 14.4 Å². The standard InChI is InChI=1S/C19H22F2N2O4S/c1-12(15-7-5-6-8-18(15)27-3)22-19(24)13(2)23(28(4,25)26)14-9-10-16(20)17(21)11-14/h5-13H,1-4H3,(H,22,24)/t12-,13+/m0/s1. The van der Waals surface area contributed by atoms with Crippen LogP contribution in [-0.4, -0.2) is 33.7 Å². The van der Waals surface area contributed by atoms with Gasteiger partial charge in [0.1, 0.15) is 11.8 Å². The molecule has 0 saturated heterocycles. The molecule has 0 heterocycles. The molecule has 0 aliphatic rings. The number of nitrogens with zero attached hydrogens (tertiary/aromatic N) is 1. The molecule has 152 valence electrons. The van der Waals surface area contributed by atoms with E-state index in [1.165, 1.54) is 14.0 Å². The Morgan fingerprint density at radius 3 is 2.32 bits per heavy atom. The molecule has 0 bridgehead atoms. The molecule has 2 aromatic carbocycles. The van der Waals surface area contributed by atoms with E-state index in [1.807, 2.05) is 0 Å². The molecule has 2 aromatic rings. The molecular formula is C19H22F2N2O4S. The van der Waals surface area contributed by atoms with Crippen LogP contribution in [0.25, 0.3) is 0 Å². The minimum atomic E-state index is -3.95. The van der Waals surface area contributed by atoms with Crippen LogP contribution in [-0.2, 0) is 14.8 Å². The SMILES string of the molecule is COc1ccccc1[C@H](C)NC(=O)[C@@H](C)N(c1ccc(F)c(F)c1)S(C)(=O)=O. The zero-order chi connectivity index (χ0) is 21.1. The number of anilines is 1. The fourth-order valence-corrected chi connectivity index (χ4v) is 4.03. The minimum absolute atomic E-state index is 0.144. The number of para-hydroxylation sites is 1. The van der Waals surface area contributed by atoms with Crippen LogP contribution in [0.2, 0.25) is 0 Å². The van der Waals surface area contributed by atoms with Crippen molar-refractivity contribution in [3.8, 4) is 5.75 Å². The molecule has 1 N–H and O–H groups in total. The number of benzene rings is 2. The lowest BCUT2D eigenvalue weighted by Crippen LogP contribution is -2.48. The van der Waals surface area contributed by atoms with Gasteiger partial charge in [-0.1, -0.05) is 18.2 Å². The third kappa shape index (κ3) is 4.78. The maximum atomic E-state index is 13.6. The summed E-state index contributed by atoms with van der Waals surface area (Å²) in [5, 5.41) is 2.73. The van der Waals surface area contributed by atoms with Crippen molar-refractivity contribution in [2.24, 2.45) is 0 Å². The number of carbonyl (C=O) groups is 1. The predicted molar refractivity (Wildman–Crippen MR) is 103 cm³/mol. The van der Waals surface area contributed by atoms with Crippen molar-refractivity contribution in [1.29, 1.82) is 0 Å². The lowest BCUT2D eigenvalue weighted by molar-refractivity contribution is -0.122. The highest BCUT2D eigenvalue weighted by Crippen LogP contribution is 2.26. The van der Waals surface area contributed by atoms with Crippen LogP contribution in [0.5, 0.6) is 5.75 Å². The van der Waals surface area contributed by atoms with E-state index >= 15 is 0 Å². The van der Waals surface area contributed by atoms with Crippen molar-refractivity contribution in [3.63, 3.8) is 0 Å². The summed E-state index contributed by atoms with van der Waals surface area (Å²) in [6, 6.07) is 8.07. The Kier molecular flexibility index (Phi) is 6.60. The molecule has 0 aromatic heterocycles. The summed E-state index contributed by atoms with van der Waals surface area (Å²) >= 11 is 0. The Morgan fingerprint density at radius 2 is 1.75 bits per heavy atom. The highest BCUT2D eigenvalue weighted by atomic mass is 32.2. The van der Waals surface area contributed by atoms with E-state index in [4.69, 9.17) is 4.74 Å². The Morgan fingerprint density at radius 1 is 1.11 bits per heavy atom. The van der Waals surface area contributed by atoms with Crippen LogP contribution in [0.3, 0.4) is 0 Å². The van der Waals surface area contributed by atoms with Gasteiger partial charge in [-0.3, -0.25) is 9.10 Å². The van der Waals surface area contributed by atoms with Crippen LogP contribution in [0.15, 0.2) is 42.5 Å². The molecule has 0 aliphatic heterocycles. The average molecular weight is 412 g/mol. The monoisotopic (exact) mass is 412 g/mol. The first kappa shape index (κ1) is 21.6. The summed E-state index contributed by atoms with van der Waals surface area (Å²) in [5.74, 6) is -2.35. The third-order valence-corrected chi connectivity index (χ3v) is 5.45. The van der Waals surface area contributed by atoms with Crippen LogP contribution in [0.4, 0.5) is 14.5 Å². The molecule has 0 unspecified atom stereocenters. The number of hydrogen-bond acceptors (Lipinski definition) is 4. The number of amides is 1. The largest absolute Gasteiger partial charge is 0.496 e.